The highest BCUT2D eigenvalue weighted by Crippen LogP contribution is 2.32. The van der Waals surface area contributed by atoms with Crippen LogP contribution in [0, 0.1) is 17.8 Å². The molecule has 0 aliphatic carbocycles. The lowest BCUT2D eigenvalue weighted by molar-refractivity contribution is -0.130. The maximum atomic E-state index is 10.7. The van der Waals surface area contributed by atoms with Gasteiger partial charge in [0, 0.05) is 30.5 Å². The summed E-state index contributed by atoms with van der Waals surface area (Å²) in [6.45, 7) is 5.74. The van der Waals surface area contributed by atoms with Crippen LogP contribution >= 0.6 is 0 Å². The molecular weight excluding hydrogens is 360 g/mol. The Morgan fingerprint density at radius 2 is 1.89 bits per heavy atom. The van der Waals surface area contributed by atoms with Crippen LogP contribution in [0.4, 0.5) is 0 Å². The van der Waals surface area contributed by atoms with Crippen LogP contribution in [0.3, 0.4) is 0 Å². The molecule has 1 aromatic rings. The molecule has 1 saturated heterocycles. The topological polar surface area (TPSA) is 80.6 Å². The van der Waals surface area contributed by atoms with E-state index in [1.54, 1.807) is 14.2 Å². The molecule has 0 spiro atoms. The highest BCUT2D eigenvalue weighted by Gasteiger charge is 2.37. The van der Waals surface area contributed by atoms with Gasteiger partial charge in [-0.2, -0.15) is 0 Å². The van der Waals surface area contributed by atoms with Gasteiger partial charge >= 0.3 is 5.97 Å². The van der Waals surface area contributed by atoms with Gasteiger partial charge in [0.2, 0.25) is 0 Å². The minimum atomic E-state index is -1.08. The fraction of sp³-hybridized carbons (Fsp3) is 0.524. The molecule has 1 aromatic carbocycles. The molecule has 1 heterocycles. The zero-order chi connectivity index (χ0) is 20.7. The van der Waals surface area contributed by atoms with Gasteiger partial charge in [-0.1, -0.05) is 11.1 Å². The first-order valence-electron chi connectivity index (χ1n) is 9.17. The normalized spacial score (nSPS) is 16.1. The SMILES string of the molecule is CON=C(c1cc(OC)ccc1OC)C(C)(C)N1CCC(C#CC(=O)O)CC1. The Bertz CT molecular complexity index is 784. The molecule has 2 rings (SSSR count). The van der Waals surface area contributed by atoms with Gasteiger partial charge in [-0.25, -0.2) is 4.79 Å². The summed E-state index contributed by atoms with van der Waals surface area (Å²) in [6.07, 6.45) is 1.61. The number of likely N-dealkylation sites (tertiary alicyclic amines) is 1. The number of ether oxygens (including phenoxy) is 2. The van der Waals surface area contributed by atoms with E-state index >= 15 is 0 Å². The van der Waals surface area contributed by atoms with E-state index < -0.39 is 11.5 Å². The second kappa shape index (κ2) is 9.47. The Balaban J connectivity index is 2.30. The Morgan fingerprint density at radius 1 is 1.21 bits per heavy atom. The van der Waals surface area contributed by atoms with Gasteiger partial charge in [-0.3, -0.25) is 4.90 Å². The summed E-state index contributed by atoms with van der Waals surface area (Å²) >= 11 is 0. The number of carboxylic acid groups (broad SMARTS) is 1. The fourth-order valence-corrected chi connectivity index (χ4v) is 3.48. The van der Waals surface area contributed by atoms with Crippen molar-refractivity contribution in [2.24, 2.45) is 11.1 Å². The Morgan fingerprint density at radius 3 is 2.43 bits per heavy atom. The third-order valence-electron chi connectivity index (χ3n) is 5.09. The summed E-state index contributed by atoms with van der Waals surface area (Å²) in [7, 11) is 4.76. The molecule has 1 fully saturated rings. The van der Waals surface area contributed by atoms with E-state index in [4.69, 9.17) is 19.4 Å². The van der Waals surface area contributed by atoms with E-state index in [-0.39, 0.29) is 5.92 Å². The minimum Gasteiger partial charge on any atom is -0.497 e. The number of aliphatic carboxylic acids is 1. The van der Waals surface area contributed by atoms with Crippen molar-refractivity contribution in [2.75, 3.05) is 34.4 Å². The molecule has 7 nitrogen and oxygen atoms in total. The lowest BCUT2D eigenvalue weighted by atomic mass is 9.86. The van der Waals surface area contributed by atoms with Crippen LogP contribution in [0.5, 0.6) is 11.5 Å². The van der Waals surface area contributed by atoms with E-state index in [1.807, 2.05) is 18.2 Å². The van der Waals surface area contributed by atoms with Crippen molar-refractivity contribution >= 4 is 11.7 Å². The largest absolute Gasteiger partial charge is 0.497 e. The van der Waals surface area contributed by atoms with Gasteiger partial charge in [-0.05, 0) is 44.9 Å². The number of carboxylic acids is 1. The number of hydrogen-bond acceptors (Lipinski definition) is 6. The molecule has 0 saturated carbocycles. The van der Waals surface area contributed by atoms with E-state index in [9.17, 15) is 4.79 Å². The Hall–Kier alpha value is -2.72. The van der Waals surface area contributed by atoms with Crippen LogP contribution in [0.25, 0.3) is 0 Å². The molecule has 152 valence electrons. The predicted molar refractivity (Wildman–Crippen MR) is 107 cm³/mol. The van der Waals surface area contributed by atoms with Crippen molar-refractivity contribution in [3.63, 3.8) is 0 Å². The molecule has 1 aliphatic heterocycles. The molecule has 0 unspecified atom stereocenters. The maximum Gasteiger partial charge on any atom is 0.381 e. The molecular formula is C21H28N2O5. The zero-order valence-corrected chi connectivity index (χ0v) is 17.1. The van der Waals surface area contributed by atoms with Gasteiger partial charge in [0.05, 0.1) is 19.8 Å². The van der Waals surface area contributed by atoms with Gasteiger partial charge in [0.1, 0.15) is 24.3 Å². The van der Waals surface area contributed by atoms with Crippen molar-refractivity contribution in [2.45, 2.75) is 32.2 Å². The van der Waals surface area contributed by atoms with E-state index in [2.05, 4.69) is 35.7 Å². The van der Waals surface area contributed by atoms with Crippen molar-refractivity contribution in [1.29, 1.82) is 0 Å². The molecule has 1 N–H and O–H groups in total. The summed E-state index contributed by atoms with van der Waals surface area (Å²) in [5.41, 5.74) is 1.10. The van der Waals surface area contributed by atoms with Crippen LogP contribution in [0.1, 0.15) is 32.3 Å². The quantitative estimate of drug-likeness (QED) is 0.458. The summed E-state index contributed by atoms with van der Waals surface area (Å²) in [5.74, 6) is 5.49. The van der Waals surface area contributed by atoms with Crippen molar-refractivity contribution < 1.29 is 24.2 Å². The molecule has 7 heteroatoms. The third kappa shape index (κ3) is 4.96. The summed E-state index contributed by atoms with van der Waals surface area (Å²) in [4.78, 5) is 18.1. The first-order valence-corrected chi connectivity index (χ1v) is 9.17. The average Bonchev–Trinajstić information content (AvgIpc) is 2.70. The van der Waals surface area contributed by atoms with Gasteiger partial charge in [0.15, 0.2) is 0 Å². The van der Waals surface area contributed by atoms with Gasteiger partial charge in [-0.15, -0.1) is 0 Å². The summed E-state index contributed by atoms with van der Waals surface area (Å²) < 4.78 is 10.9. The number of rotatable bonds is 6. The van der Waals surface area contributed by atoms with Crippen LogP contribution in [0.15, 0.2) is 23.4 Å². The lowest BCUT2D eigenvalue weighted by Gasteiger charge is -2.42. The standard InChI is InChI=1S/C21H28N2O5/c1-21(2,23-12-10-15(11-13-23)6-9-19(24)25)20(22-28-5)17-14-16(26-3)7-8-18(17)27-4/h7-8,14-15H,10-13H2,1-5H3,(H,24,25). The highest BCUT2D eigenvalue weighted by atomic mass is 16.6. The Kier molecular flexibility index (Phi) is 7.30. The first kappa shape index (κ1) is 21.6. The van der Waals surface area contributed by atoms with Gasteiger partial charge < -0.3 is 19.4 Å². The molecule has 0 amide bonds. The highest BCUT2D eigenvalue weighted by molar-refractivity contribution is 6.08. The lowest BCUT2D eigenvalue weighted by Crippen LogP contribution is -2.53. The van der Waals surface area contributed by atoms with E-state index in [0.717, 1.165) is 37.2 Å². The summed E-state index contributed by atoms with van der Waals surface area (Å²) in [5, 5.41) is 13.1. The first-order chi connectivity index (χ1) is 13.3. The minimum absolute atomic E-state index is 0.0947. The maximum absolute atomic E-state index is 10.7. The average molecular weight is 388 g/mol. The number of benzene rings is 1. The number of methoxy groups -OCH3 is 2. The number of carbonyl (C=O) groups is 1. The van der Waals surface area contributed by atoms with Crippen molar-refractivity contribution in [3.05, 3.63) is 23.8 Å². The molecule has 0 atom stereocenters. The molecule has 1 aliphatic rings. The smallest absolute Gasteiger partial charge is 0.381 e. The van der Waals surface area contributed by atoms with Crippen molar-refractivity contribution in [1.82, 2.24) is 4.90 Å². The molecule has 0 radical (unpaired) electrons. The number of piperidine rings is 1. The number of nitrogens with zero attached hydrogens (tertiary/aromatic N) is 2. The third-order valence-corrected chi connectivity index (χ3v) is 5.09. The number of oxime groups is 1. The van der Waals surface area contributed by atoms with Crippen LogP contribution in [-0.2, 0) is 9.63 Å². The Labute approximate surface area is 166 Å². The van der Waals surface area contributed by atoms with Gasteiger partial charge in [0.25, 0.3) is 0 Å². The predicted octanol–water partition coefficient (Wildman–Crippen LogP) is 2.63. The fourth-order valence-electron chi connectivity index (χ4n) is 3.48. The second-order valence-electron chi connectivity index (χ2n) is 7.08. The van der Waals surface area contributed by atoms with E-state index in [0.29, 0.717) is 11.5 Å². The summed E-state index contributed by atoms with van der Waals surface area (Å²) in [6, 6.07) is 5.58. The van der Waals surface area contributed by atoms with Crippen LogP contribution in [0.2, 0.25) is 0 Å². The van der Waals surface area contributed by atoms with E-state index in [1.165, 1.54) is 7.11 Å². The van der Waals surface area contributed by atoms with Crippen LogP contribution in [-0.4, -0.2) is 61.6 Å². The van der Waals surface area contributed by atoms with Crippen molar-refractivity contribution in [3.8, 4) is 23.3 Å². The molecule has 0 bridgehead atoms. The second-order valence-corrected chi connectivity index (χ2v) is 7.08. The molecule has 0 aromatic heterocycles. The van der Waals surface area contributed by atoms with Crippen LogP contribution < -0.4 is 9.47 Å². The zero-order valence-electron chi connectivity index (χ0n) is 17.1. The number of hydrogen-bond donors (Lipinski definition) is 1. The molecule has 28 heavy (non-hydrogen) atoms. The monoisotopic (exact) mass is 388 g/mol.